The van der Waals surface area contributed by atoms with Crippen LogP contribution in [-0.4, -0.2) is 68.9 Å². The van der Waals surface area contributed by atoms with Crippen molar-refractivity contribution in [3.8, 4) is 5.75 Å². The molecule has 2 atom stereocenters. The largest absolute Gasteiger partial charge is 0.497 e. The molecule has 0 aliphatic carbocycles. The number of ether oxygens (including phenoxy) is 2. The predicted molar refractivity (Wildman–Crippen MR) is 115 cm³/mol. The lowest BCUT2D eigenvalue weighted by molar-refractivity contribution is -0.908. The van der Waals surface area contributed by atoms with Crippen LogP contribution in [0.25, 0.3) is 0 Å². The highest BCUT2D eigenvalue weighted by molar-refractivity contribution is 6.44. The predicted octanol–water partition coefficient (Wildman–Crippen LogP) is 0.853. The Hall–Kier alpha value is -2.97. The van der Waals surface area contributed by atoms with Gasteiger partial charge in [-0.2, -0.15) is 0 Å². The molecule has 0 radical (unpaired) electrons. The Labute approximate surface area is 187 Å². The van der Waals surface area contributed by atoms with Crippen LogP contribution in [-0.2, 0) is 14.3 Å². The van der Waals surface area contributed by atoms with E-state index in [1.165, 1.54) is 16.9 Å². The molecule has 8 heteroatoms. The van der Waals surface area contributed by atoms with Crippen molar-refractivity contribution in [2.24, 2.45) is 5.92 Å². The second kappa shape index (κ2) is 9.67. The summed E-state index contributed by atoms with van der Waals surface area (Å²) in [5, 5.41) is 0. The van der Waals surface area contributed by atoms with Gasteiger partial charge in [-0.25, -0.2) is 0 Å². The van der Waals surface area contributed by atoms with Crippen LogP contribution in [0.3, 0.4) is 0 Å². The Morgan fingerprint density at radius 2 is 1.97 bits per heavy atom. The van der Waals surface area contributed by atoms with Gasteiger partial charge in [-0.1, -0.05) is 12.1 Å². The highest BCUT2D eigenvalue weighted by atomic mass is 16.5. The molecule has 4 rings (SSSR count). The summed E-state index contributed by atoms with van der Waals surface area (Å²) in [6.07, 6.45) is 0.727. The van der Waals surface area contributed by atoms with Gasteiger partial charge in [0.05, 0.1) is 26.9 Å². The van der Waals surface area contributed by atoms with Crippen molar-refractivity contribution < 1.29 is 33.2 Å². The first-order chi connectivity index (χ1) is 15.5. The third-order valence-electron chi connectivity index (χ3n) is 6.22. The molecule has 1 amide bonds. The highest BCUT2D eigenvalue weighted by Gasteiger charge is 2.52. The van der Waals surface area contributed by atoms with Crippen molar-refractivity contribution in [2.45, 2.75) is 19.4 Å². The number of ketones is 2. The summed E-state index contributed by atoms with van der Waals surface area (Å²) >= 11 is 0. The van der Waals surface area contributed by atoms with Gasteiger partial charge in [0, 0.05) is 18.5 Å². The van der Waals surface area contributed by atoms with E-state index in [2.05, 4.69) is 0 Å². The van der Waals surface area contributed by atoms with E-state index in [9.17, 15) is 14.4 Å². The second-order valence-electron chi connectivity index (χ2n) is 8.30. The van der Waals surface area contributed by atoms with Gasteiger partial charge in [0.2, 0.25) is 5.78 Å². The van der Waals surface area contributed by atoms with Gasteiger partial charge in [0.1, 0.15) is 42.3 Å². The van der Waals surface area contributed by atoms with E-state index >= 15 is 0 Å². The van der Waals surface area contributed by atoms with Gasteiger partial charge >= 0.3 is 0 Å². The van der Waals surface area contributed by atoms with Gasteiger partial charge in [0.15, 0.2) is 5.78 Å². The molecule has 1 aromatic carbocycles. The molecule has 0 spiro atoms. The van der Waals surface area contributed by atoms with E-state index in [0.29, 0.717) is 29.4 Å². The normalized spacial score (nSPS) is 21.9. The number of carbonyl (C=O) groups is 3. The molecule has 0 saturated carbocycles. The number of carbonyl (C=O) groups excluding carboxylic acids is 3. The van der Waals surface area contributed by atoms with Crippen LogP contribution in [0.5, 0.6) is 5.75 Å². The van der Waals surface area contributed by atoms with Gasteiger partial charge in [-0.05, 0) is 31.2 Å². The zero-order valence-electron chi connectivity index (χ0n) is 18.5. The van der Waals surface area contributed by atoms with Crippen molar-refractivity contribution in [3.63, 3.8) is 0 Å². The number of hydrogen-bond donors (Lipinski definition) is 1. The Morgan fingerprint density at radius 1 is 1.19 bits per heavy atom. The lowest BCUT2D eigenvalue weighted by Gasteiger charge is -2.27. The molecule has 2 fully saturated rings. The van der Waals surface area contributed by atoms with Crippen molar-refractivity contribution >= 4 is 17.5 Å². The third-order valence-corrected chi connectivity index (χ3v) is 6.22. The Morgan fingerprint density at radius 3 is 2.66 bits per heavy atom. The number of likely N-dealkylation sites (tertiary alicyclic amines) is 1. The molecule has 1 N–H and O–H groups in total. The number of benzene rings is 1. The average Bonchev–Trinajstić information content (AvgIpc) is 3.35. The summed E-state index contributed by atoms with van der Waals surface area (Å²) in [5.41, 5.74) is 0.336. The lowest BCUT2D eigenvalue weighted by atomic mass is 9.88. The van der Waals surface area contributed by atoms with Gasteiger partial charge in [-0.3, -0.25) is 14.4 Å². The fraction of sp³-hybridized carbons (Fsp3) is 0.458. The van der Waals surface area contributed by atoms with Crippen LogP contribution >= 0.6 is 0 Å². The molecule has 3 heterocycles. The van der Waals surface area contributed by atoms with Crippen LogP contribution in [0.4, 0.5) is 0 Å². The maximum atomic E-state index is 13.4. The van der Waals surface area contributed by atoms with E-state index in [1.54, 1.807) is 43.3 Å². The number of hydrogen-bond acceptors (Lipinski definition) is 6. The van der Waals surface area contributed by atoms with E-state index < -0.39 is 29.4 Å². The van der Waals surface area contributed by atoms with Gasteiger partial charge in [0.25, 0.3) is 5.91 Å². The maximum Gasteiger partial charge on any atom is 0.291 e. The van der Waals surface area contributed by atoms with E-state index in [4.69, 9.17) is 13.9 Å². The fourth-order valence-electron chi connectivity index (χ4n) is 4.52. The molecule has 2 aliphatic rings. The van der Waals surface area contributed by atoms with Gasteiger partial charge in [-0.15, -0.1) is 0 Å². The van der Waals surface area contributed by atoms with Crippen LogP contribution in [0.2, 0.25) is 0 Å². The third kappa shape index (κ3) is 4.47. The smallest absolute Gasteiger partial charge is 0.291 e. The van der Waals surface area contributed by atoms with Crippen molar-refractivity contribution in [1.82, 2.24) is 4.90 Å². The molecule has 2 aromatic rings. The van der Waals surface area contributed by atoms with E-state index in [1.807, 2.05) is 0 Å². The summed E-state index contributed by atoms with van der Waals surface area (Å²) in [7, 11) is 1.51. The van der Waals surface area contributed by atoms with E-state index in [-0.39, 0.29) is 0 Å². The Bertz CT molecular complexity index is 994. The monoisotopic (exact) mass is 441 g/mol. The summed E-state index contributed by atoms with van der Waals surface area (Å²) in [5.74, 6) is -1.21. The number of quaternary nitrogens is 1. The number of morpholine rings is 1. The highest BCUT2D eigenvalue weighted by Crippen LogP contribution is 2.39. The minimum atomic E-state index is -1.14. The summed E-state index contributed by atoms with van der Waals surface area (Å²) in [4.78, 5) is 42.4. The number of methoxy groups -OCH3 is 1. The first kappa shape index (κ1) is 22.2. The number of aryl methyl sites for hydroxylation is 1. The summed E-state index contributed by atoms with van der Waals surface area (Å²) in [6.45, 7) is 6.41. The summed E-state index contributed by atoms with van der Waals surface area (Å²) in [6, 6.07) is 9.44. The zero-order chi connectivity index (χ0) is 22.7. The van der Waals surface area contributed by atoms with E-state index in [0.717, 1.165) is 39.3 Å². The standard InChI is InChI=1S/C24H28N2O6/c1-16-7-8-19(32-16)21-20(22(27)17-5-3-6-18(15-17)30-2)23(28)24(29)26(21)10-4-9-25-11-13-31-14-12-25/h3,5-8,15,20-21H,4,9-14H2,1-2H3/p+1. The van der Waals surface area contributed by atoms with Crippen LogP contribution in [0.1, 0.15) is 34.3 Å². The molecule has 0 bridgehead atoms. The maximum absolute atomic E-state index is 13.4. The molecule has 32 heavy (non-hydrogen) atoms. The lowest BCUT2D eigenvalue weighted by Crippen LogP contribution is -3.14. The number of rotatable bonds is 8. The molecular weight excluding hydrogens is 412 g/mol. The molecule has 2 unspecified atom stereocenters. The van der Waals surface area contributed by atoms with Gasteiger partial charge < -0.3 is 23.7 Å². The fourth-order valence-corrected chi connectivity index (χ4v) is 4.52. The van der Waals surface area contributed by atoms with Crippen LogP contribution in [0, 0.1) is 12.8 Å². The van der Waals surface area contributed by atoms with Crippen molar-refractivity contribution in [2.75, 3.05) is 46.5 Å². The second-order valence-corrected chi connectivity index (χ2v) is 8.30. The number of nitrogens with zero attached hydrogens (tertiary/aromatic N) is 1. The zero-order valence-corrected chi connectivity index (χ0v) is 18.5. The molecule has 2 aliphatic heterocycles. The van der Waals surface area contributed by atoms with Crippen molar-refractivity contribution in [1.29, 1.82) is 0 Å². The number of amides is 1. The Balaban J connectivity index is 1.59. The topological polar surface area (TPSA) is 90.5 Å². The van der Waals surface area contributed by atoms with Crippen LogP contribution < -0.4 is 9.64 Å². The number of furan rings is 1. The average molecular weight is 442 g/mol. The minimum absolute atomic E-state index is 0.336. The quantitative estimate of drug-likeness (QED) is 0.371. The Kier molecular flexibility index (Phi) is 6.72. The molecule has 2 saturated heterocycles. The molecular formula is C24H29N2O6+. The molecule has 1 aromatic heterocycles. The number of nitrogens with one attached hydrogen (secondary N) is 1. The summed E-state index contributed by atoms with van der Waals surface area (Å²) < 4.78 is 16.4. The number of Topliss-reactive ketones (excluding diaryl/α,β-unsaturated/α-hetero) is 2. The minimum Gasteiger partial charge on any atom is -0.497 e. The molecule has 170 valence electrons. The molecule has 8 nitrogen and oxygen atoms in total. The first-order valence-corrected chi connectivity index (χ1v) is 11.0. The van der Waals surface area contributed by atoms with Crippen molar-refractivity contribution in [3.05, 3.63) is 53.5 Å². The van der Waals surface area contributed by atoms with Crippen LogP contribution in [0.15, 0.2) is 40.8 Å². The SMILES string of the molecule is COc1cccc(C(=O)C2C(=O)C(=O)N(CCC[NH+]3CCOCC3)C2c2ccc(C)o2)c1. The first-order valence-electron chi connectivity index (χ1n) is 11.0.